The van der Waals surface area contributed by atoms with Gasteiger partial charge in [0.05, 0.1) is 6.54 Å². The molecule has 2 rings (SSSR count). The number of nitrogens with one attached hydrogen (secondary N) is 1. The fourth-order valence-corrected chi connectivity index (χ4v) is 3.08. The van der Waals surface area contributed by atoms with Crippen LogP contribution in [0.3, 0.4) is 0 Å². The van der Waals surface area contributed by atoms with E-state index in [1.807, 2.05) is 49.4 Å². The number of hydrogen-bond acceptors (Lipinski definition) is 3. The lowest BCUT2D eigenvalue weighted by Gasteiger charge is -2.27. The first kappa shape index (κ1) is 23.3. The van der Waals surface area contributed by atoms with Crippen LogP contribution in [0, 0.1) is 6.92 Å². The first-order valence-electron chi connectivity index (χ1n) is 10.5. The molecule has 30 heavy (non-hydrogen) atoms. The number of furan rings is 1. The topological polar surface area (TPSA) is 65.8 Å². The minimum atomic E-state index is -0.242. The number of rotatable bonds is 12. The molecular formula is C24H33N3O3. The highest BCUT2D eigenvalue weighted by molar-refractivity contribution is 5.84. The second kappa shape index (κ2) is 12.5. The molecule has 1 aromatic carbocycles. The first-order valence-corrected chi connectivity index (χ1v) is 10.5. The summed E-state index contributed by atoms with van der Waals surface area (Å²) in [6.07, 6.45) is 4.27. The molecule has 0 bridgehead atoms. The summed E-state index contributed by atoms with van der Waals surface area (Å²) in [6, 6.07) is 13.6. The molecule has 3 amide bonds. The van der Waals surface area contributed by atoms with Crippen LogP contribution in [0.2, 0.25) is 0 Å². The highest BCUT2D eigenvalue weighted by Gasteiger charge is 2.21. The van der Waals surface area contributed by atoms with Gasteiger partial charge in [-0.2, -0.15) is 0 Å². The van der Waals surface area contributed by atoms with Crippen molar-refractivity contribution in [3.63, 3.8) is 0 Å². The SMILES string of the molecule is C=CCN(CC(=O)N(CCc1ccccc1)Cc1ccc(C)o1)C(=O)NCCCC. The Morgan fingerprint density at radius 3 is 2.53 bits per heavy atom. The van der Waals surface area contributed by atoms with Crippen molar-refractivity contribution in [3.8, 4) is 0 Å². The van der Waals surface area contributed by atoms with E-state index in [-0.39, 0.29) is 18.5 Å². The molecule has 0 fully saturated rings. The number of carbonyl (C=O) groups is 2. The molecule has 0 aliphatic rings. The lowest BCUT2D eigenvalue weighted by atomic mass is 10.1. The van der Waals surface area contributed by atoms with Gasteiger partial charge >= 0.3 is 6.03 Å². The normalized spacial score (nSPS) is 10.5. The second-order valence-corrected chi connectivity index (χ2v) is 7.32. The molecule has 0 unspecified atom stereocenters. The summed E-state index contributed by atoms with van der Waals surface area (Å²) in [6.45, 7) is 9.49. The Labute approximate surface area is 179 Å². The average molecular weight is 412 g/mol. The third-order valence-electron chi connectivity index (χ3n) is 4.78. The monoisotopic (exact) mass is 411 g/mol. The van der Waals surface area contributed by atoms with Crippen molar-refractivity contribution >= 4 is 11.9 Å². The number of carbonyl (C=O) groups excluding carboxylic acids is 2. The van der Waals surface area contributed by atoms with Crippen LogP contribution in [0.15, 0.2) is 59.5 Å². The van der Waals surface area contributed by atoms with E-state index in [1.54, 1.807) is 11.0 Å². The minimum absolute atomic E-state index is 0.00153. The smallest absolute Gasteiger partial charge is 0.318 e. The standard InChI is InChI=1S/C24H33N3O3/c1-4-6-15-25-24(29)27(16-5-2)19-23(28)26(18-22-13-12-20(3)30-22)17-14-21-10-8-7-9-11-21/h5,7-13H,2,4,6,14-19H2,1,3H3,(H,25,29). The Morgan fingerprint density at radius 2 is 1.90 bits per heavy atom. The number of unbranched alkanes of at least 4 members (excludes halogenated alkanes) is 1. The molecule has 6 heteroatoms. The molecule has 0 aliphatic heterocycles. The van der Waals surface area contributed by atoms with Gasteiger partial charge < -0.3 is 19.5 Å². The van der Waals surface area contributed by atoms with Crippen molar-refractivity contribution in [2.45, 2.75) is 39.7 Å². The van der Waals surface area contributed by atoms with Gasteiger partial charge in [-0.15, -0.1) is 6.58 Å². The lowest BCUT2D eigenvalue weighted by molar-refractivity contribution is -0.132. The largest absolute Gasteiger partial charge is 0.464 e. The molecule has 0 atom stereocenters. The predicted octanol–water partition coefficient (Wildman–Crippen LogP) is 4.16. The van der Waals surface area contributed by atoms with Gasteiger partial charge in [0.2, 0.25) is 5.91 Å². The Hall–Kier alpha value is -3.02. The summed E-state index contributed by atoms with van der Waals surface area (Å²) >= 11 is 0. The highest BCUT2D eigenvalue weighted by atomic mass is 16.3. The number of amides is 3. The number of urea groups is 1. The lowest BCUT2D eigenvalue weighted by Crippen LogP contribution is -2.47. The minimum Gasteiger partial charge on any atom is -0.464 e. The summed E-state index contributed by atoms with van der Waals surface area (Å²) in [5, 5.41) is 2.87. The Morgan fingerprint density at radius 1 is 1.13 bits per heavy atom. The van der Waals surface area contributed by atoms with Gasteiger partial charge in [0, 0.05) is 19.6 Å². The molecular weight excluding hydrogens is 378 g/mol. The Balaban J connectivity index is 2.06. The number of hydrogen-bond donors (Lipinski definition) is 1. The van der Waals surface area contributed by atoms with Crippen LogP contribution in [0.25, 0.3) is 0 Å². The summed E-state index contributed by atoms with van der Waals surface area (Å²) in [5.41, 5.74) is 1.16. The van der Waals surface area contributed by atoms with Crippen molar-refractivity contribution in [3.05, 3.63) is 72.2 Å². The molecule has 0 saturated heterocycles. The first-order chi connectivity index (χ1) is 14.5. The molecule has 0 saturated carbocycles. The van der Waals surface area contributed by atoms with Crippen LogP contribution in [0.4, 0.5) is 4.79 Å². The molecule has 162 valence electrons. The van der Waals surface area contributed by atoms with Crippen molar-refractivity contribution in [2.24, 2.45) is 0 Å². The molecule has 0 spiro atoms. The summed E-state index contributed by atoms with van der Waals surface area (Å²) < 4.78 is 5.68. The molecule has 1 heterocycles. The third-order valence-corrected chi connectivity index (χ3v) is 4.78. The zero-order valence-corrected chi connectivity index (χ0v) is 18.1. The summed E-state index contributed by atoms with van der Waals surface area (Å²) in [7, 11) is 0. The number of aryl methyl sites for hydroxylation is 1. The van der Waals surface area contributed by atoms with Crippen LogP contribution in [0.1, 0.15) is 36.8 Å². The Kier molecular flexibility index (Phi) is 9.71. The van der Waals surface area contributed by atoms with Gasteiger partial charge in [0.1, 0.15) is 18.1 Å². The molecule has 0 aliphatic carbocycles. The van der Waals surface area contributed by atoms with E-state index < -0.39 is 0 Å². The molecule has 6 nitrogen and oxygen atoms in total. The maximum atomic E-state index is 13.1. The fraction of sp³-hybridized carbons (Fsp3) is 0.417. The summed E-state index contributed by atoms with van der Waals surface area (Å²) in [5.74, 6) is 1.42. The molecule has 1 N–H and O–H groups in total. The van der Waals surface area contributed by atoms with Gasteiger partial charge in [0.15, 0.2) is 0 Å². The number of nitrogens with zero attached hydrogens (tertiary/aromatic N) is 2. The van der Waals surface area contributed by atoms with E-state index >= 15 is 0 Å². The van der Waals surface area contributed by atoms with Gasteiger partial charge in [0.25, 0.3) is 0 Å². The molecule has 0 radical (unpaired) electrons. The zero-order chi connectivity index (χ0) is 21.8. The number of benzene rings is 1. The maximum absolute atomic E-state index is 13.1. The third kappa shape index (κ3) is 7.78. The van der Waals surface area contributed by atoms with Crippen LogP contribution < -0.4 is 5.32 Å². The summed E-state index contributed by atoms with van der Waals surface area (Å²) in [4.78, 5) is 28.9. The fourth-order valence-electron chi connectivity index (χ4n) is 3.08. The average Bonchev–Trinajstić information content (AvgIpc) is 3.16. The van der Waals surface area contributed by atoms with E-state index in [0.717, 1.165) is 36.3 Å². The predicted molar refractivity (Wildman–Crippen MR) is 119 cm³/mol. The van der Waals surface area contributed by atoms with E-state index in [0.29, 0.717) is 26.2 Å². The Bertz CT molecular complexity index is 801. The van der Waals surface area contributed by atoms with E-state index in [9.17, 15) is 9.59 Å². The van der Waals surface area contributed by atoms with Crippen molar-refractivity contribution < 1.29 is 14.0 Å². The zero-order valence-electron chi connectivity index (χ0n) is 18.1. The van der Waals surface area contributed by atoms with Crippen LogP contribution >= 0.6 is 0 Å². The molecule has 2 aromatic rings. The molecule has 1 aromatic heterocycles. The van der Waals surface area contributed by atoms with Gasteiger partial charge in [-0.05, 0) is 37.5 Å². The van der Waals surface area contributed by atoms with E-state index in [1.165, 1.54) is 4.90 Å². The van der Waals surface area contributed by atoms with Crippen LogP contribution in [0.5, 0.6) is 0 Å². The van der Waals surface area contributed by atoms with Crippen LogP contribution in [-0.2, 0) is 17.8 Å². The van der Waals surface area contributed by atoms with Crippen LogP contribution in [-0.4, -0.2) is 47.9 Å². The second-order valence-electron chi connectivity index (χ2n) is 7.32. The van der Waals surface area contributed by atoms with Crippen molar-refractivity contribution in [1.82, 2.24) is 15.1 Å². The highest BCUT2D eigenvalue weighted by Crippen LogP contribution is 2.12. The van der Waals surface area contributed by atoms with E-state index in [4.69, 9.17) is 4.42 Å². The van der Waals surface area contributed by atoms with Gasteiger partial charge in [-0.1, -0.05) is 49.8 Å². The van der Waals surface area contributed by atoms with E-state index in [2.05, 4.69) is 18.8 Å². The quantitative estimate of drug-likeness (QED) is 0.421. The van der Waals surface area contributed by atoms with Crippen molar-refractivity contribution in [2.75, 3.05) is 26.2 Å². The maximum Gasteiger partial charge on any atom is 0.318 e. The van der Waals surface area contributed by atoms with Gasteiger partial charge in [-0.3, -0.25) is 4.79 Å². The van der Waals surface area contributed by atoms with Crippen molar-refractivity contribution in [1.29, 1.82) is 0 Å². The van der Waals surface area contributed by atoms with Gasteiger partial charge in [-0.25, -0.2) is 4.79 Å².